The van der Waals surface area contributed by atoms with Gasteiger partial charge in [0, 0.05) is 0 Å². The molecule has 0 aliphatic heterocycles. The van der Waals surface area contributed by atoms with Gasteiger partial charge in [-0.15, -0.1) is 0 Å². The number of halogens is 1. The Morgan fingerprint density at radius 1 is 1.21 bits per heavy atom. The summed E-state index contributed by atoms with van der Waals surface area (Å²) in [6.45, 7) is 1.82. The molecule has 0 saturated carbocycles. The van der Waals surface area contributed by atoms with Gasteiger partial charge in [0.1, 0.15) is 5.82 Å². The first-order valence-corrected chi connectivity index (χ1v) is 5.62. The minimum absolute atomic E-state index is 0.150. The Kier molecular flexibility index (Phi) is 3.42. The molecule has 4 heteroatoms. The molecule has 0 aromatic heterocycles. The average Bonchev–Trinajstić information content (AvgIpc) is 2.39. The van der Waals surface area contributed by atoms with Gasteiger partial charge in [0.2, 0.25) is 0 Å². The van der Waals surface area contributed by atoms with E-state index in [-0.39, 0.29) is 11.1 Å². The second-order valence-corrected chi connectivity index (χ2v) is 4.16. The van der Waals surface area contributed by atoms with Gasteiger partial charge in [-0.2, -0.15) is 0 Å². The molecule has 0 amide bonds. The van der Waals surface area contributed by atoms with Crippen LogP contribution in [0.4, 0.5) is 4.39 Å². The third-order valence-electron chi connectivity index (χ3n) is 2.93. The molecule has 0 atom stereocenters. The lowest BCUT2D eigenvalue weighted by Crippen LogP contribution is -2.03. The minimum atomic E-state index is -1.23. The molecule has 0 fully saturated rings. The summed E-state index contributed by atoms with van der Waals surface area (Å²) in [7, 11) is 0. The molecule has 0 spiro atoms. The van der Waals surface area contributed by atoms with Crippen LogP contribution in [0, 0.1) is 12.7 Å². The van der Waals surface area contributed by atoms with Crippen molar-refractivity contribution in [3.8, 4) is 11.1 Å². The molecule has 0 bridgehead atoms. The smallest absolute Gasteiger partial charge is 0.336 e. The van der Waals surface area contributed by atoms with Gasteiger partial charge in [0.25, 0.3) is 0 Å². The van der Waals surface area contributed by atoms with Gasteiger partial charge in [-0.05, 0) is 35.7 Å². The number of aryl methyl sites for hydroxylation is 1. The first kappa shape index (κ1) is 13.0. The summed E-state index contributed by atoms with van der Waals surface area (Å²) in [6.07, 6.45) is 0.378. The molecule has 0 heterocycles. The Balaban J connectivity index is 2.77. The maximum atomic E-state index is 13.5. The zero-order chi connectivity index (χ0) is 14.0. The Morgan fingerprint density at radius 2 is 1.89 bits per heavy atom. The number of rotatable bonds is 3. The zero-order valence-electron chi connectivity index (χ0n) is 10.2. The monoisotopic (exact) mass is 258 g/mol. The van der Waals surface area contributed by atoms with E-state index < -0.39 is 11.8 Å². The van der Waals surface area contributed by atoms with Crippen molar-refractivity contribution < 1.29 is 19.1 Å². The first-order valence-electron chi connectivity index (χ1n) is 5.62. The lowest BCUT2D eigenvalue weighted by molar-refractivity contribution is 0.0697. The quantitative estimate of drug-likeness (QED) is 0.859. The number of hydrogen-bond acceptors (Lipinski definition) is 2. The third-order valence-corrected chi connectivity index (χ3v) is 2.93. The predicted molar refractivity (Wildman–Crippen MR) is 68.9 cm³/mol. The molecule has 96 valence electrons. The number of aromatic carboxylic acids is 1. The van der Waals surface area contributed by atoms with Crippen molar-refractivity contribution in [3.05, 3.63) is 58.9 Å². The maximum Gasteiger partial charge on any atom is 0.336 e. The molecule has 0 unspecified atom stereocenters. The van der Waals surface area contributed by atoms with Crippen LogP contribution in [-0.2, 0) is 0 Å². The van der Waals surface area contributed by atoms with Crippen LogP contribution in [0.1, 0.15) is 26.3 Å². The topological polar surface area (TPSA) is 54.4 Å². The van der Waals surface area contributed by atoms with Crippen molar-refractivity contribution in [1.82, 2.24) is 0 Å². The van der Waals surface area contributed by atoms with E-state index in [1.165, 1.54) is 6.07 Å². The van der Waals surface area contributed by atoms with E-state index in [9.17, 15) is 14.0 Å². The van der Waals surface area contributed by atoms with E-state index in [1.54, 1.807) is 12.1 Å². The van der Waals surface area contributed by atoms with E-state index in [0.29, 0.717) is 17.4 Å². The van der Waals surface area contributed by atoms with E-state index in [0.717, 1.165) is 11.6 Å². The molecule has 2 rings (SSSR count). The normalized spacial score (nSPS) is 10.2. The van der Waals surface area contributed by atoms with Gasteiger partial charge >= 0.3 is 5.97 Å². The van der Waals surface area contributed by atoms with Crippen molar-refractivity contribution >= 4 is 12.3 Å². The highest BCUT2D eigenvalue weighted by molar-refractivity contribution is 5.98. The van der Waals surface area contributed by atoms with Crippen LogP contribution in [0.3, 0.4) is 0 Å². The lowest BCUT2D eigenvalue weighted by atomic mass is 9.94. The molecule has 0 aliphatic rings. The SMILES string of the molecule is Cc1ccccc1-c1cc(C=O)c(F)cc1C(=O)O. The summed E-state index contributed by atoms with van der Waals surface area (Å²) in [5, 5.41) is 9.15. The van der Waals surface area contributed by atoms with Crippen molar-refractivity contribution in [2.24, 2.45) is 0 Å². The fourth-order valence-electron chi connectivity index (χ4n) is 1.96. The van der Waals surface area contributed by atoms with Gasteiger partial charge in [-0.25, -0.2) is 9.18 Å². The predicted octanol–water partition coefficient (Wildman–Crippen LogP) is 3.31. The van der Waals surface area contributed by atoms with Crippen LogP contribution in [0.25, 0.3) is 11.1 Å². The fraction of sp³-hybridized carbons (Fsp3) is 0.0667. The summed E-state index contributed by atoms with van der Waals surface area (Å²) in [5.41, 5.74) is 1.56. The Labute approximate surface area is 109 Å². The van der Waals surface area contributed by atoms with Gasteiger partial charge in [0.15, 0.2) is 6.29 Å². The van der Waals surface area contributed by atoms with Crippen molar-refractivity contribution in [1.29, 1.82) is 0 Å². The summed E-state index contributed by atoms with van der Waals surface area (Å²) in [6, 6.07) is 9.30. The number of carboxylic acids is 1. The molecular weight excluding hydrogens is 247 g/mol. The van der Waals surface area contributed by atoms with Gasteiger partial charge in [-0.1, -0.05) is 24.3 Å². The van der Waals surface area contributed by atoms with Crippen molar-refractivity contribution in [2.75, 3.05) is 0 Å². The zero-order valence-corrected chi connectivity index (χ0v) is 10.2. The van der Waals surface area contributed by atoms with E-state index in [4.69, 9.17) is 5.11 Å². The average molecular weight is 258 g/mol. The highest BCUT2D eigenvalue weighted by Gasteiger charge is 2.17. The Hall–Kier alpha value is -2.49. The van der Waals surface area contributed by atoms with E-state index in [2.05, 4.69) is 0 Å². The molecular formula is C15H11FO3. The number of aldehydes is 1. The van der Waals surface area contributed by atoms with Gasteiger partial charge in [-0.3, -0.25) is 4.79 Å². The maximum absolute atomic E-state index is 13.5. The van der Waals surface area contributed by atoms with Crippen LogP contribution in [0.15, 0.2) is 36.4 Å². The second kappa shape index (κ2) is 5.02. The second-order valence-electron chi connectivity index (χ2n) is 4.16. The van der Waals surface area contributed by atoms with Crippen LogP contribution in [0.2, 0.25) is 0 Å². The number of carboxylic acid groups (broad SMARTS) is 1. The number of carbonyl (C=O) groups excluding carboxylic acids is 1. The molecule has 3 nitrogen and oxygen atoms in total. The highest BCUT2D eigenvalue weighted by atomic mass is 19.1. The molecule has 0 radical (unpaired) electrons. The number of benzene rings is 2. The van der Waals surface area contributed by atoms with Crippen molar-refractivity contribution in [3.63, 3.8) is 0 Å². The summed E-state index contributed by atoms with van der Waals surface area (Å²) in [5.74, 6) is -2.06. The Bertz CT molecular complexity index is 662. The van der Waals surface area contributed by atoms with Gasteiger partial charge in [0.05, 0.1) is 11.1 Å². The highest BCUT2D eigenvalue weighted by Crippen LogP contribution is 2.29. The van der Waals surface area contributed by atoms with E-state index >= 15 is 0 Å². The Morgan fingerprint density at radius 3 is 2.47 bits per heavy atom. The largest absolute Gasteiger partial charge is 0.478 e. The van der Waals surface area contributed by atoms with Crippen molar-refractivity contribution in [2.45, 2.75) is 6.92 Å². The number of carbonyl (C=O) groups is 2. The molecule has 0 saturated heterocycles. The van der Waals surface area contributed by atoms with Gasteiger partial charge < -0.3 is 5.11 Å². The van der Waals surface area contributed by atoms with Crippen LogP contribution in [0.5, 0.6) is 0 Å². The van der Waals surface area contributed by atoms with Crippen LogP contribution in [-0.4, -0.2) is 17.4 Å². The summed E-state index contributed by atoms with van der Waals surface area (Å²) < 4.78 is 13.5. The number of hydrogen-bond donors (Lipinski definition) is 1. The molecule has 1 N–H and O–H groups in total. The third kappa shape index (κ3) is 2.38. The van der Waals surface area contributed by atoms with Crippen LogP contribution >= 0.6 is 0 Å². The van der Waals surface area contributed by atoms with E-state index in [1.807, 2.05) is 19.1 Å². The summed E-state index contributed by atoms with van der Waals surface area (Å²) >= 11 is 0. The molecule has 2 aromatic rings. The molecule has 0 aliphatic carbocycles. The van der Waals surface area contributed by atoms with Crippen LogP contribution < -0.4 is 0 Å². The lowest BCUT2D eigenvalue weighted by Gasteiger charge is -2.10. The first-order chi connectivity index (χ1) is 9.04. The fourth-order valence-corrected chi connectivity index (χ4v) is 1.96. The molecule has 19 heavy (non-hydrogen) atoms. The summed E-state index contributed by atoms with van der Waals surface area (Å²) in [4.78, 5) is 22.0. The minimum Gasteiger partial charge on any atom is -0.478 e. The molecule has 2 aromatic carbocycles. The standard InChI is InChI=1S/C15H11FO3/c1-9-4-2-3-5-11(9)12-6-10(8-17)14(16)7-13(12)15(18)19/h2-8H,1H3,(H,18,19).